The Bertz CT molecular complexity index is 722. The van der Waals surface area contributed by atoms with Gasteiger partial charge in [0.05, 0.1) is 17.2 Å². The molecule has 2 aromatic rings. The highest BCUT2D eigenvalue weighted by Crippen LogP contribution is 2.25. The molecule has 0 aliphatic heterocycles. The molecule has 2 aromatic carbocycles. The van der Waals surface area contributed by atoms with Crippen molar-refractivity contribution in [3.05, 3.63) is 54.1 Å². The summed E-state index contributed by atoms with van der Waals surface area (Å²) in [7, 11) is -3.58. The fourth-order valence-corrected chi connectivity index (χ4v) is 3.86. The lowest BCUT2D eigenvalue weighted by Crippen LogP contribution is -2.30. The van der Waals surface area contributed by atoms with Crippen LogP contribution >= 0.6 is 0 Å². The van der Waals surface area contributed by atoms with Crippen LogP contribution in [-0.2, 0) is 16.4 Å². The number of rotatable bonds is 7. The number of hydrogen-bond acceptors (Lipinski definition) is 3. The molecule has 23 heavy (non-hydrogen) atoms. The van der Waals surface area contributed by atoms with Crippen molar-refractivity contribution in [1.82, 2.24) is 0 Å². The van der Waals surface area contributed by atoms with Gasteiger partial charge < -0.3 is 4.74 Å². The molecule has 0 spiro atoms. The Balaban J connectivity index is 2.33. The van der Waals surface area contributed by atoms with Crippen molar-refractivity contribution in [2.24, 2.45) is 0 Å². The minimum Gasteiger partial charge on any atom is -0.494 e. The average Bonchev–Trinajstić information content (AvgIpc) is 2.57. The summed E-state index contributed by atoms with van der Waals surface area (Å²) in [4.78, 5) is 0.266. The SMILES string of the molecule is CCOc1ccc(S(=O)(=O)N(CC)c2ccc(CC)cc2)cc1. The molecule has 0 heterocycles. The van der Waals surface area contributed by atoms with E-state index in [2.05, 4.69) is 6.92 Å². The van der Waals surface area contributed by atoms with Crippen LogP contribution in [0.3, 0.4) is 0 Å². The van der Waals surface area contributed by atoms with Crippen molar-refractivity contribution >= 4 is 15.7 Å². The monoisotopic (exact) mass is 333 g/mol. The van der Waals surface area contributed by atoms with Gasteiger partial charge in [-0.05, 0) is 62.2 Å². The number of anilines is 1. The van der Waals surface area contributed by atoms with E-state index in [-0.39, 0.29) is 4.90 Å². The van der Waals surface area contributed by atoms with Crippen molar-refractivity contribution in [1.29, 1.82) is 0 Å². The maximum absolute atomic E-state index is 12.9. The Morgan fingerprint density at radius 2 is 1.52 bits per heavy atom. The first-order chi connectivity index (χ1) is 11.0. The van der Waals surface area contributed by atoms with Crippen LogP contribution in [0.1, 0.15) is 26.3 Å². The summed E-state index contributed by atoms with van der Waals surface area (Å²) >= 11 is 0. The molecule has 0 radical (unpaired) electrons. The average molecular weight is 333 g/mol. The summed E-state index contributed by atoms with van der Waals surface area (Å²) < 4.78 is 32.5. The van der Waals surface area contributed by atoms with E-state index in [0.717, 1.165) is 6.42 Å². The third-order valence-corrected chi connectivity index (χ3v) is 5.56. The Morgan fingerprint density at radius 3 is 2.00 bits per heavy atom. The lowest BCUT2D eigenvalue weighted by Gasteiger charge is -2.23. The van der Waals surface area contributed by atoms with Gasteiger partial charge in [-0.15, -0.1) is 0 Å². The van der Waals surface area contributed by atoms with Crippen LogP contribution in [0.5, 0.6) is 5.75 Å². The van der Waals surface area contributed by atoms with E-state index in [4.69, 9.17) is 4.74 Å². The van der Waals surface area contributed by atoms with E-state index in [0.29, 0.717) is 24.6 Å². The first-order valence-corrected chi connectivity index (χ1v) is 9.31. The van der Waals surface area contributed by atoms with E-state index in [1.165, 1.54) is 9.87 Å². The molecule has 0 saturated heterocycles. The summed E-state index contributed by atoms with van der Waals surface area (Å²) in [5.74, 6) is 0.668. The first-order valence-electron chi connectivity index (χ1n) is 7.87. The highest BCUT2D eigenvalue weighted by molar-refractivity contribution is 7.92. The van der Waals surface area contributed by atoms with Gasteiger partial charge >= 0.3 is 0 Å². The smallest absolute Gasteiger partial charge is 0.264 e. The normalized spacial score (nSPS) is 11.3. The van der Waals surface area contributed by atoms with Crippen molar-refractivity contribution in [3.8, 4) is 5.75 Å². The number of nitrogens with zero attached hydrogens (tertiary/aromatic N) is 1. The molecule has 124 valence electrons. The molecule has 0 aromatic heterocycles. The summed E-state index contributed by atoms with van der Waals surface area (Å²) in [5, 5.41) is 0. The minimum atomic E-state index is -3.58. The quantitative estimate of drug-likeness (QED) is 0.773. The number of hydrogen-bond donors (Lipinski definition) is 0. The second kappa shape index (κ2) is 7.51. The molecule has 4 nitrogen and oxygen atoms in total. The predicted octanol–water partition coefficient (Wildman–Crippen LogP) is 3.86. The summed E-state index contributed by atoms with van der Waals surface area (Å²) in [5.41, 5.74) is 1.86. The van der Waals surface area contributed by atoms with Gasteiger partial charge in [-0.1, -0.05) is 19.1 Å². The topological polar surface area (TPSA) is 46.6 Å². The fourth-order valence-electron chi connectivity index (χ4n) is 2.39. The molecule has 0 N–H and O–H groups in total. The van der Waals surface area contributed by atoms with Crippen molar-refractivity contribution in [3.63, 3.8) is 0 Å². The predicted molar refractivity (Wildman–Crippen MR) is 93.6 cm³/mol. The zero-order chi connectivity index (χ0) is 16.9. The molecule has 0 saturated carbocycles. The molecular weight excluding hydrogens is 310 g/mol. The van der Waals surface area contributed by atoms with Crippen LogP contribution < -0.4 is 9.04 Å². The first kappa shape index (κ1) is 17.3. The summed E-state index contributed by atoms with van der Waals surface area (Å²) in [6, 6.07) is 14.2. The number of aryl methyl sites for hydroxylation is 1. The van der Waals surface area contributed by atoms with Crippen LogP contribution in [0.2, 0.25) is 0 Å². The van der Waals surface area contributed by atoms with Crippen molar-refractivity contribution in [2.45, 2.75) is 32.1 Å². The molecular formula is C18H23NO3S. The molecule has 0 aliphatic carbocycles. The molecule has 0 atom stereocenters. The number of ether oxygens (including phenoxy) is 1. The Morgan fingerprint density at radius 1 is 0.913 bits per heavy atom. The van der Waals surface area contributed by atoms with Crippen LogP contribution in [0.15, 0.2) is 53.4 Å². The molecule has 0 unspecified atom stereocenters. The van der Waals surface area contributed by atoms with Gasteiger partial charge in [0.15, 0.2) is 0 Å². The standard InChI is InChI=1S/C18H23NO3S/c1-4-15-7-9-16(10-8-15)19(5-2)23(20,21)18-13-11-17(12-14-18)22-6-3/h7-14H,4-6H2,1-3H3. The lowest BCUT2D eigenvalue weighted by molar-refractivity contribution is 0.340. The maximum atomic E-state index is 12.9. The van der Waals surface area contributed by atoms with Crippen LogP contribution in [0, 0.1) is 0 Å². The third-order valence-electron chi connectivity index (χ3n) is 3.64. The van der Waals surface area contributed by atoms with E-state index >= 15 is 0 Å². The summed E-state index contributed by atoms with van der Waals surface area (Å²) in [6.07, 6.45) is 0.929. The zero-order valence-corrected chi connectivity index (χ0v) is 14.6. The molecule has 0 amide bonds. The van der Waals surface area contributed by atoms with Gasteiger partial charge in [-0.3, -0.25) is 4.31 Å². The highest BCUT2D eigenvalue weighted by atomic mass is 32.2. The molecule has 0 fully saturated rings. The second-order valence-corrected chi connectivity index (χ2v) is 6.96. The van der Waals surface area contributed by atoms with Gasteiger partial charge in [0.1, 0.15) is 5.75 Å². The Kier molecular flexibility index (Phi) is 5.66. The van der Waals surface area contributed by atoms with E-state index in [1.54, 1.807) is 24.3 Å². The second-order valence-electron chi connectivity index (χ2n) is 5.09. The number of benzene rings is 2. The van der Waals surface area contributed by atoms with Crippen molar-refractivity contribution < 1.29 is 13.2 Å². The van der Waals surface area contributed by atoms with Gasteiger partial charge in [0.2, 0.25) is 0 Å². The van der Waals surface area contributed by atoms with E-state index in [9.17, 15) is 8.42 Å². The van der Waals surface area contributed by atoms with Crippen LogP contribution in [0.25, 0.3) is 0 Å². The van der Waals surface area contributed by atoms with Crippen LogP contribution in [0.4, 0.5) is 5.69 Å². The number of sulfonamides is 1. The molecule has 0 bridgehead atoms. The Labute approximate surface area is 138 Å². The van der Waals surface area contributed by atoms with Crippen molar-refractivity contribution in [2.75, 3.05) is 17.5 Å². The maximum Gasteiger partial charge on any atom is 0.264 e. The van der Waals surface area contributed by atoms with E-state index in [1.807, 2.05) is 38.1 Å². The highest BCUT2D eigenvalue weighted by Gasteiger charge is 2.23. The largest absolute Gasteiger partial charge is 0.494 e. The van der Waals surface area contributed by atoms with Crippen LogP contribution in [-0.4, -0.2) is 21.6 Å². The third kappa shape index (κ3) is 3.85. The Hall–Kier alpha value is -2.01. The molecule has 0 aliphatic rings. The molecule has 2 rings (SSSR count). The minimum absolute atomic E-state index is 0.266. The van der Waals surface area contributed by atoms with Gasteiger partial charge in [0, 0.05) is 6.54 Å². The van der Waals surface area contributed by atoms with Gasteiger partial charge in [-0.25, -0.2) is 8.42 Å². The van der Waals surface area contributed by atoms with E-state index < -0.39 is 10.0 Å². The zero-order valence-electron chi connectivity index (χ0n) is 13.8. The summed E-state index contributed by atoms with van der Waals surface area (Å²) in [6.45, 7) is 6.73. The fraction of sp³-hybridized carbons (Fsp3) is 0.333. The van der Waals surface area contributed by atoms with Gasteiger partial charge in [-0.2, -0.15) is 0 Å². The van der Waals surface area contributed by atoms with Gasteiger partial charge in [0.25, 0.3) is 10.0 Å². The lowest BCUT2D eigenvalue weighted by atomic mass is 10.1. The molecule has 5 heteroatoms.